The molecule has 2 atom stereocenters. The van der Waals surface area contributed by atoms with E-state index in [4.69, 9.17) is 23.2 Å². The number of carbonyl (C=O) groups excluding carboxylic acids is 2. The van der Waals surface area contributed by atoms with Gasteiger partial charge >= 0.3 is 0 Å². The average Bonchev–Trinajstić information content (AvgIpc) is 2.88. The van der Waals surface area contributed by atoms with E-state index in [2.05, 4.69) is 5.32 Å². The zero-order valence-electron chi connectivity index (χ0n) is 20.6. The van der Waals surface area contributed by atoms with E-state index in [0.29, 0.717) is 22.2 Å². The Morgan fingerprint density at radius 3 is 2.25 bits per heavy atom. The molecule has 0 aliphatic rings. The standard InChI is InChI=1S/C29H32Cl2N2O2S/c1-3-21(2)32-29(35)27(17-22-9-5-4-6-10-22)33(18-24-11-7-8-12-26(24)31)28(34)20-36-19-23-13-15-25(30)16-14-23/h4-16,21,27H,3,17-20H2,1-2H3,(H,32,35)/t21-,27-/m1/s1. The smallest absolute Gasteiger partial charge is 0.243 e. The van der Waals surface area contributed by atoms with E-state index in [1.807, 2.05) is 86.6 Å². The molecule has 1 N–H and O–H groups in total. The summed E-state index contributed by atoms with van der Waals surface area (Å²) in [5, 5.41) is 4.34. The molecule has 0 aromatic heterocycles. The molecule has 3 aromatic carbocycles. The van der Waals surface area contributed by atoms with Gasteiger partial charge in [-0.05, 0) is 48.2 Å². The molecule has 0 unspecified atom stereocenters. The van der Waals surface area contributed by atoms with Gasteiger partial charge in [0.25, 0.3) is 0 Å². The number of nitrogens with zero attached hydrogens (tertiary/aromatic N) is 1. The Hall–Kier alpha value is -2.47. The summed E-state index contributed by atoms with van der Waals surface area (Å²) in [6.45, 7) is 4.25. The minimum absolute atomic E-state index is 0.00678. The molecule has 3 rings (SSSR count). The van der Waals surface area contributed by atoms with Crippen molar-refractivity contribution in [2.45, 2.75) is 51.1 Å². The van der Waals surface area contributed by atoms with Crippen LogP contribution in [0.1, 0.15) is 37.0 Å². The monoisotopic (exact) mass is 542 g/mol. The van der Waals surface area contributed by atoms with Gasteiger partial charge in [0.1, 0.15) is 6.04 Å². The fourth-order valence-corrected chi connectivity index (χ4v) is 4.92. The van der Waals surface area contributed by atoms with Crippen LogP contribution >= 0.6 is 35.0 Å². The fraction of sp³-hybridized carbons (Fsp3) is 0.310. The normalized spacial score (nSPS) is 12.6. The van der Waals surface area contributed by atoms with Gasteiger partial charge in [0, 0.05) is 34.8 Å². The third-order valence-corrected chi connectivity index (χ3v) is 7.59. The molecule has 0 bridgehead atoms. The number of hydrogen-bond acceptors (Lipinski definition) is 3. The molecule has 0 spiro atoms. The van der Waals surface area contributed by atoms with Crippen LogP contribution in [0.4, 0.5) is 0 Å². The molecule has 7 heteroatoms. The van der Waals surface area contributed by atoms with E-state index >= 15 is 0 Å². The number of hydrogen-bond donors (Lipinski definition) is 1. The van der Waals surface area contributed by atoms with Gasteiger partial charge in [0.05, 0.1) is 5.75 Å². The third kappa shape index (κ3) is 8.58. The van der Waals surface area contributed by atoms with Gasteiger partial charge in [-0.1, -0.05) is 90.8 Å². The van der Waals surface area contributed by atoms with Crippen LogP contribution in [-0.2, 0) is 28.3 Å². The van der Waals surface area contributed by atoms with Crippen LogP contribution in [0.3, 0.4) is 0 Å². The first-order valence-electron chi connectivity index (χ1n) is 12.1. The maximum Gasteiger partial charge on any atom is 0.243 e. The Labute approximate surface area is 228 Å². The van der Waals surface area contributed by atoms with Crippen molar-refractivity contribution in [2.24, 2.45) is 0 Å². The van der Waals surface area contributed by atoms with Gasteiger partial charge in [-0.15, -0.1) is 11.8 Å². The number of amides is 2. The summed E-state index contributed by atoms with van der Waals surface area (Å²) in [7, 11) is 0. The van der Waals surface area contributed by atoms with Gasteiger partial charge in [-0.2, -0.15) is 0 Å². The quantitative estimate of drug-likeness (QED) is 0.274. The van der Waals surface area contributed by atoms with E-state index in [0.717, 1.165) is 23.1 Å². The highest BCUT2D eigenvalue weighted by Crippen LogP contribution is 2.22. The lowest BCUT2D eigenvalue weighted by Crippen LogP contribution is -2.52. The van der Waals surface area contributed by atoms with Crippen molar-refractivity contribution in [1.29, 1.82) is 0 Å². The molecule has 0 aliphatic heterocycles. The van der Waals surface area contributed by atoms with E-state index < -0.39 is 6.04 Å². The van der Waals surface area contributed by atoms with E-state index in [1.54, 1.807) is 11.0 Å². The van der Waals surface area contributed by atoms with E-state index in [1.165, 1.54) is 11.8 Å². The first-order chi connectivity index (χ1) is 17.4. The van der Waals surface area contributed by atoms with E-state index in [9.17, 15) is 9.59 Å². The van der Waals surface area contributed by atoms with Gasteiger partial charge in [-0.25, -0.2) is 0 Å². The number of carbonyl (C=O) groups is 2. The van der Waals surface area contributed by atoms with Crippen molar-refractivity contribution in [3.8, 4) is 0 Å². The van der Waals surface area contributed by atoms with Gasteiger partial charge < -0.3 is 10.2 Å². The van der Waals surface area contributed by atoms with Crippen molar-refractivity contribution in [3.63, 3.8) is 0 Å². The predicted molar refractivity (Wildman–Crippen MR) is 151 cm³/mol. The van der Waals surface area contributed by atoms with Crippen molar-refractivity contribution < 1.29 is 9.59 Å². The Bertz CT molecular complexity index is 1130. The lowest BCUT2D eigenvalue weighted by atomic mass is 10.0. The molecule has 0 saturated heterocycles. The zero-order valence-corrected chi connectivity index (χ0v) is 23.0. The topological polar surface area (TPSA) is 49.4 Å². The number of rotatable bonds is 12. The molecule has 0 heterocycles. The summed E-state index contributed by atoms with van der Waals surface area (Å²) >= 11 is 14.0. The van der Waals surface area contributed by atoms with Gasteiger partial charge in [-0.3, -0.25) is 9.59 Å². The Morgan fingerprint density at radius 2 is 1.58 bits per heavy atom. The largest absolute Gasteiger partial charge is 0.352 e. The summed E-state index contributed by atoms with van der Waals surface area (Å²) in [5.74, 6) is 0.658. The Morgan fingerprint density at radius 1 is 0.917 bits per heavy atom. The Balaban J connectivity index is 1.86. The predicted octanol–water partition coefficient (Wildman–Crippen LogP) is 6.78. The summed E-state index contributed by atoms with van der Waals surface area (Å²) in [5.41, 5.74) is 2.89. The molecule has 190 valence electrons. The highest BCUT2D eigenvalue weighted by atomic mass is 35.5. The third-order valence-electron chi connectivity index (χ3n) is 5.98. The number of benzene rings is 3. The van der Waals surface area contributed by atoms with Crippen molar-refractivity contribution in [3.05, 3.63) is 106 Å². The van der Waals surface area contributed by atoms with E-state index in [-0.39, 0.29) is 30.2 Å². The number of halogens is 2. The van der Waals surface area contributed by atoms with Crippen LogP contribution in [0.2, 0.25) is 10.0 Å². The van der Waals surface area contributed by atoms with Crippen LogP contribution in [-0.4, -0.2) is 34.6 Å². The maximum atomic E-state index is 13.7. The summed E-state index contributed by atoms with van der Waals surface area (Å²) in [6.07, 6.45) is 1.22. The van der Waals surface area contributed by atoms with Gasteiger partial charge in [0.15, 0.2) is 0 Å². The SMILES string of the molecule is CC[C@@H](C)NC(=O)[C@@H](Cc1ccccc1)N(Cc1ccccc1Cl)C(=O)CSCc1ccc(Cl)cc1. The lowest BCUT2D eigenvalue weighted by molar-refractivity contribution is -0.139. The van der Waals surface area contributed by atoms with Crippen LogP contribution in [0, 0.1) is 0 Å². The summed E-state index contributed by atoms with van der Waals surface area (Å²) in [4.78, 5) is 28.8. The highest BCUT2D eigenvalue weighted by molar-refractivity contribution is 7.99. The average molecular weight is 544 g/mol. The molecule has 4 nitrogen and oxygen atoms in total. The fourth-order valence-electron chi connectivity index (χ4n) is 3.72. The highest BCUT2D eigenvalue weighted by Gasteiger charge is 2.31. The lowest BCUT2D eigenvalue weighted by Gasteiger charge is -2.32. The summed E-state index contributed by atoms with van der Waals surface area (Å²) < 4.78 is 0. The molecule has 36 heavy (non-hydrogen) atoms. The van der Waals surface area contributed by atoms with Crippen LogP contribution in [0.5, 0.6) is 0 Å². The molecule has 2 amide bonds. The van der Waals surface area contributed by atoms with Crippen LogP contribution in [0.15, 0.2) is 78.9 Å². The molecular formula is C29H32Cl2N2O2S. The Kier molecular flexibility index (Phi) is 11.2. The van der Waals surface area contributed by atoms with Gasteiger partial charge in [0.2, 0.25) is 11.8 Å². The zero-order chi connectivity index (χ0) is 25.9. The van der Waals surface area contributed by atoms with Crippen LogP contribution < -0.4 is 5.32 Å². The second-order valence-corrected chi connectivity index (χ2v) is 10.6. The first-order valence-corrected chi connectivity index (χ1v) is 14.0. The molecule has 0 radical (unpaired) electrons. The first kappa shape index (κ1) is 28.1. The van der Waals surface area contributed by atoms with Crippen molar-refractivity contribution >= 4 is 46.8 Å². The maximum absolute atomic E-state index is 13.7. The number of thioether (sulfide) groups is 1. The van der Waals surface area contributed by atoms with Crippen molar-refractivity contribution in [2.75, 3.05) is 5.75 Å². The molecule has 3 aromatic rings. The molecule has 0 aliphatic carbocycles. The summed E-state index contributed by atoms with van der Waals surface area (Å²) in [6, 6.07) is 24.2. The minimum Gasteiger partial charge on any atom is -0.352 e. The second-order valence-electron chi connectivity index (χ2n) is 8.76. The molecular weight excluding hydrogens is 511 g/mol. The molecule has 0 saturated carbocycles. The van der Waals surface area contributed by atoms with Crippen molar-refractivity contribution in [1.82, 2.24) is 10.2 Å². The molecule has 0 fully saturated rings. The number of nitrogens with one attached hydrogen (secondary N) is 1. The second kappa shape index (κ2) is 14.3. The minimum atomic E-state index is -0.665. The van der Waals surface area contributed by atoms with Crippen LogP contribution in [0.25, 0.3) is 0 Å².